The number of carbonyl (C=O) groups is 1. The summed E-state index contributed by atoms with van der Waals surface area (Å²) < 4.78 is 2.20. The number of hydrogen-bond acceptors (Lipinski definition) is 1. The van der Waals surface area contributed by atoms with Crippen LogP contribution in [0.4, 0.5) is 5.69 Å². The van der Waals surface area contributed by atoms with E-state index in [1.807, 2.05) is 0 Å². The molecule has 0 N–H and O–H groups in total. The predicted molar refractivity (Wildman–Crippen MR) is 97.0 cm³/mol. The van der Waals surface area contributed by atoms with Gasteiger partial charge in [-0.3, -0.25) is 4.79 Å². The summed E-state index contributed by atoms with van der Waals surface area (Å²) in [6.45, 7) is 3.01. The Bertz CT molecular complexity index is 753. The molecule has 1 aliphatic heterocycles. The normalized spacial score (nSPS) is 23.3. The number of amides is 1. The van der Waals surface area contributed by atoms with Gasteiger partial charge in [-0.2, -0.15) is 0 Å². The van der Waals surface area contributed by atoms with Crippen LogP contribution >= 0.6 is 0 Å². The number of aryl methyl sites for hydroxylation is 1. The Hall–Kier alpha value is -2.03. The smallest absolute Gasteiger partial charge is 0.230 e. The van der Waals surface area contributed by atoms with Gasteiger partial charge < -0.3 is 9.47 Å². The number of para-hydroxylation sites is 1. The zero-order valence-electron chi connectivity index (χ0n) is 14.7. The average Bonchev–Trinajstić information content (AvgIpc) is 2.85. The van der Waals surface area contributed by atoms with Gasteiger partial charge in [0.15, 0.2) is 0 Å². The van der Waals surface area contributed by atoms with Gasteiger partial charge in [-0.1, -0.05) is 25.1 Å². The third-order valence-electron chi connectivity index (χ3n) is 5.90. The second kappa shape index (κ2) is 6.12. The zero-order valence-corrected chi connectivity index (χ0v) is 14.7. The van der Waals surface area contributed by atoms with E-state index in [1.54, 1.807) is 0 Å². The minimum Gasteiger partial charge on any atom is -0.354 e. The molecule has 1 fully saturated rings. The first-order valence-electron chi connectivity index (χ1n) is 9.16. The number of rotatable bonds is 1. The first-order chi connectivity index (χ1) is 11.6. The summed E-state index contributed by atoms with van der Waals surface area (Å²) >= 11 is 0. The van der Waals surface area contributed by atoms with Gasteiger partial charge >= 0.3 is 0 Å². The van der Waals surface area contributed by atoms with Crippen LogP contribution in [0.25, 0.3) is 0 Å². The fraction of sp³-hybridized carbons (Fsp3) is 0.476. The summed E-state index contributed by atoms with van der Waals surface area (Å²) in [5, 5.41) is 0. The Morgan fingerprint density at radius 2 is 1.79 bits per heavy atom. The molecule has 0 radical (unpaired) electrons. The summed E-state index contributed by atoms with van der Waals surface area (Å²) in [4.78, 5) is 15.4. The molecule has 3 nitrogen and oxygen atoms in total. The van der Waals surface area contributed by atoms with Crippen molar-refractivity contribution in [2.75, 3.05) is 4.90 Å². The van der Waals surface area contributed by atoms with Crippen LogP contribution in [0.1, 0.15) is 49.4 Å². The molecule has 4 rings (SSSR count). The lowest BCUT2D eigenvalue weighted by molar-refractivity contribution is -0.123. The molecule has 2 aliphatic rings. The molecule has 24 heavy (non-hydrogen) atoms. The summed E-state index contributed by atoms with van der Waals surface area (Å²) in [6, 6.07) is 10.6. The van der Waals surface area contributed by atoms with Gasteiger partial charge in [0.05, 0.1) is 6.54 Å². The Morgan fingerprint density at radius 3 is 2.58 bits per heavy atom. The standard InChI is InChI=1S/C21H26N2O/c1-15-7-9-16(10-8-15)21(24)23-14-18-11-12-22(2)20(18)13-17-5-3-4-6-19(17)23/h3-6,11-12,15-16H,7-10,13-14H2,1-2H3. The molecule has 0 unspecified atom stereocenters. The van der Waals surface area contributed by atoms with Crippen LogP contribution in [-0.4, -0.2) is 10.5 Å². The summed E-state index contributed by atoms with van der Waals surface area (Å²) in [7, 11) is 2.10. The molecule has 0 bridgehead atoms. The van der Waals surface area contributed by atoms with Crippen molar-refractivity contribution in [2.45, 2.75) is 45.6 Å². The molecule has 1 saturated carbocycles. The maximum atomic E-state index is 13.3. The first kappa shape index (κ1) is 15.5. The number of aromatic nitrogens is 1. The van der Waals surface area contributed by atoms with Crippen molar-refractivity contribution in [2.24, 2.45) is 18.9 Å². The van der Waals surface area contributed by atoms with E-state index >= 15 is 0 Å². The van der Waals surface area contributed by atoms with E-state index in [1.165, 1.54) is 29.7 Å². The third-order valence-corrected chi connectivity index (χ3v) is 5.90. The largest absolute Gasteiger partial charge is 0.354 e. The van der Waals surface area contributed by atoms with E-state index < -0.39 is 0 Å². The van der Waals surface area contributed by atoms with Crippen molar-refractivity contribution >= 4 is 11.6 Å². The highest BCUT2D eigenvalue weighted by molar-refractivity contribution is 5.96. The molecular formula is C21H26N2O. The summed E-state index contributed by atoms with van der Waals surface area (Å²) in [5.74, 6) is 1.29. The average molecular weight is 322 g/mol. The topological polar surface area (TPSA) is 25.2 Å². The van der Waals surface area contributed by atoms with Crippen molar-refractivity contribution in [3.05, 3.63) is 53.3 Å². The Morgan fingerprint density at radius 1 is 1.04 bits per heavy atom. The highest BCUT2D eigenvalue weighted by Crippen LogP contribution is 2.35. The highest BCUT2D eigenvalue weighted by atomic mass is 16.2. The maximum absolute atomic E-state index is 13.3. The van der Waals surface area contributed by atoms with Gasteiger partial charge in [-0.05, 0) is 54.9 Å². The number of benzene rings is 1. The molecular weight excluding hydrogens is 296 g/mol. The molecule has 2 aromatic rings. The zero-order chi connectivity index (χ0) is 16.7. The lowest BCUT2D eigenvalue weighted by atomic mass is 9.82. The Balaban J connectivity index is 1.70. The van der Waals surface area contributed by atoms with E-state index in [4.69, 9.17) is 0 Å². The van der Waals surface area contributed by atoms with Gasteiger partial charge in [-0.25, -0.2) is 0 Å². The van der Waals surface area contributed by atoms with E-state index in [0.29, 0.717) is 12.5 Å². The highest BCUT2D eigenvalue weighted by Gasteiger charge is 2.31. The van der Waals surface area contributed by atoms with Crippen LogP contribution in [0.15, 0.2) is 36.5 Å². The molecule has 0 saturated heterocycles. The first-order valence-corrected chi connectivity index (χ1v) is 9.16. The van der Waals surface area contributed by atoms with E-state index in [2.05, 4.69) is 60.0 Å². The number of hydrogen-bond donors (Lipinski definition) is 0. The third kappa shape index (κ3) is 2.66. The molecule has 126 valence electrons. The van der Waals surface area contributed by atoms with Crippen molar-refractivity contribution in [3.63, 3.8) is 0 Å². The van der Waals surface area contributed by atoms with Crippen LogP contribution in [-0.2, 0) is 24.8 Å². The maximum Gasteiger partial charge on any atom is 0.230 e. The van der Waals surface area contributed by atoms with Crippen molar-refractivity contribution in [3.8, 4) is 0 Å². The van der Waals surface area contributed by atoms with E-state index in [-0.39, 0.29) is 5.92 Å². The molecule has 0 spiro atoms. The Kier molecular flexibility index (Phi) is 3.95. The second-order valence-corrected chi connectivity index (χ2v) is 7.59. The minimum absolute atomic E-state index is 0.194. The molecule has 2 heterocycles. The van der Waals surface area contributed by atoms with Gasteiger partial charge in [0.1, 0.15) is 0 Å². The lowest BCUT2D eigenvalue weighted by Crippen LogP contribution is -2.37. The molecule has 1 aliphatic carbocycles. The minimum atomic E-state index is 0.194. The summed E-state index contributed by atoms with van der Waals surface area (Å²) in [5.41, 5.74) is 4.98. The van der Waals surface area contributed by atoms with Crippen molar-refractivity contribution in [1.29, 1.82) is 0 Å². The fourth-order valence-electron chi connectivity index (χ4n) is 4.28. The monoisotopic (exact) mass is 322 g/mol. The SMILES string of the molecule is CC1CCC(C(=O)N2Cc3ccn(C)c3Cc3ccccc32)CC1. The quantitative estimate of drug-likeness (QED) is 0.769. The number of fused-ring (bicyclic) bond motifs is 2. The van der Waals surface area contributed by atoms with Crippen molar-refractivity contribution < 1.29 is 4.79 Å². The number of nitrogens with zero attached hydrogens (tertiary/aromatic N) is 2. The predicted octanol–water partition coefficient (Wildman–Crippen LogP) is 4.29. The Labute approximate surface area is 144 Å². The molecule has 0 atom stereocenters. The van der Waals surface area contributed by atoms with Gasteiger partial charge in [0.2, 0.25) is 5.91 Å². The number of anilines is 1. The molecule has 1 aromatic carbocycles. The van der Waals surface area contributed by atoms with E-state index in [9.17, 15) is 4.79 Å². The summed E-state index contributed by atoms with van der Waals surface area (Å²) in [6.07, 6.45) is 7.47. The molecule has 1 amide bonds. The van der Waals surface area contributed by atoms with Gasteiger partial charge in [-0.15, -0.1) is 0 Å². The lowest BCUT2D eigenvalue weighted by Gasteiger charge is -2.31. The van der Waals surface area contributed by atoms with Crippen LogP contribution in [0.2, 0.25) is 0 Å². The van der Waals surface area contributed by atoms with Crippen molar-refractivity contribution in [1.82, 2.24) is 4.57 Å². The van der Waals surface area contributed by atoms with E-state index in [0.717, 1.165) is 30.9 Å². The molecule has 1 aromatic heterocycles. The van der Waals surface area contributed by atoms with Crippen LogP contribution < -0.4 is 4.90 Å². The van der Waals surface area contributed by atoms with Gasteiger partial charge in [0, 0.05) is 37.0 Å². The van der Waals surface area contributed by atoms with Crippen LogP contribution in [0.3, 0.4) is 0 Å². The molecule has 3 heteroatoms. The van der Waals surface area contributed by atoms with Crippen LogP contribution in [0.5, 0.6) is 0 Å². The fourth-order valence-corrected chi connectivity index (χ4v) is 4.28. The van der Waals surface area contributed by atoms with Crippen LogP contribution in [0, 0.1) is 11.8 Å². The van der Waals surface area contributed by atoms with Gasteiger partial charge in [0.25, 0.3) is 0 Å². The number of carbonyl (C=O) groups excluding carboxylic acids is 1. The second-order valence-electron chi connectivity index (χ2n) is 7.59.